The van der Waals surface area contributed by atoms with Crippen molar-refractivity contribution in [3.63, 3.8) is 0 Å². The van der Waals surface area contributed by atoms with Gasteiger partial charge in [-0.1, -0.05) is 45.0 Å². The zero-order chi connectivity index (χ0) is 19.8. The Hall–Kier alpha value is -1.99. The smallest absolute Gasteiger partial charge is 0.249 e. The van der Waals surface area contributed by atoms with Gasteiger partial charge in [0.1, 0.15) is 5.70 Å². The van der Waals surface area contributed by atoms with E-state index in [9.17, 15) is 18.0 Å². The highest BCUT2D eigenvalue weighted by Crippen LogP contribution is 2.34. The fourth-order valence-electron chi connectivity index (χ4n) is 3.79. The van der Waals surface area contributed by atoms with Gasteiger partial charge in [0.2, 0.25) is 21.6 Å². The fraction of sp³-hybridized carbons (Fsp3) is 0.500. The molecule has 27 heavy (non-hydrogen) atoms. The first-order valence-corrected chi connectivity index (χ1v) is 10.9. The summed E-state index contributed by atoms with van der Waals surface area (Å²) < 4.78 is 27.8. The molecule has 6 nitrogen and oxygen atoms in total. The number of ketones is 2. The van der Waals surface area contributed by atoms with Crippen LogP contribution in [0.1, 0.15) is 54.3 Å². The third kappa shape index (κ3) is 3.34. The molecule has 2 aliphatic rings. The number of likely N-dealkylation sites (tertiary alicyclic amines) is 1. The number of carbonyl (C=O) groups is 2. The monoisotopic (exact) mass is 390 g/mol. The van der Waals surface area contributed by atoms with Crippen molar-refractivity contribution in [3.05, 3.63) is 46.0 Å². The van der Waals surface area contributed by atoms with Crippen LogP contribution < -0.4 is 0 Å². The van der Waals surface area contributed by atoms with Crippen molar-refractivity contribution in [1.29, 1.82) is 0 Å². The fourth-order valence-corrected chi connectivity index (χ4v) is 5.54. The standard InChI is InChI=1S/C20H26N2O4S/c1-4-22(5-2)27(25,26)20-17(21-12-10-14(3)11-13-21)18(23)15-8-6-7-9-16(15)19(20)24/h6-9,14H,4-5,10-13H2,1-3H3. The number of Topliss-reactive ketones (excluding diaryl/α,β-unsaturated/α-hetero) is 2. The Morgan fingerprint density at radius 1 is 1.00 bits per heavy atom. The molecule has 0 spiro atoms. The molecule has 1 saturated heterocycles. The van der Waals surface area contributed by atoms with E-state index in [1.54, 1.807) is 36.9 Å². The maximum Gasteiger partial charge on any atom is 0.249 e. The molecule has 1 heterocycles. The largest absolute Gasteiger partial charge is 0.367 e. The topological polar surface area (TPSA) is 74.8 Å². The van der Waals surface area contributed by atoms with Crippen molar-refractivity contribution in [3.8, 4) is 0 Å². The molecule has 1 fully saturated rings. The molecule has 7 heteroatoms. The number of nitrogens with zero attached hydrogens (tertiary/aromatic N) is 2. The highest BCUT2D eigenvalue weighted by Gasteiger charge is 2.43. The van der Waals surface area contributed by atoms with Crippen molar-refractivity contribution in [2.45, 2.75) is 33.6 Å². The number of piperidine rings is 1. The number of allylic oxidation sites excluding steroid dienone is 2. The van der Waals surface area contributed by atoms with Gasteiger partial charge in [0.25, 0.3) is 0 Å². The first-order valence-electron chi connectivity index (χ1n) is 9.50. The number of fused-ring (bicyclic) bond motifs is 1. The van der Waals surface area contributed by atoms with Gasteiger partial charge in [-0.3, -0.25) is 9.59 Å². The molecule has 0 saturated carbocycles. The van der Waals surface area contributed by atoms with Gasteiger partial charge in [0.15, 0.2) is 4.91 Å². The predicted octanol–water partition coefficient (Wildman–Crippen LogP) is 2.68. The van der Waals surface area contributed by atoms with E-state index in [1.165, 1.54) is 10.4 Å². The van der Waals surface area contributed by atoms with Crippen LogP contribution in [0, 0.1) is 5.92 Å². The van der Waals surface area contributed by atoms with Crippen LogP contribution in [-0.2, 0) is 10.0 Å². The summed E-state index contributed by atoms with van der Waals surface area (Å²) in [6, 6.07) is 6.48. The van der Waals surface area contributed by atoms with Crippen molar-refractivity contribution in [1.82, 2.24) is 9.21 Å². The van der Waals surface area contributed by atoms with E-state index in [1.807, 2.05) is 0 Å². The van der Waals surface area contributed by atoms with Crippen LogP contribution >= 0.6 is 0 Å². The normalized spacial score (nSPS) is 19.0. The van der Waals surface area contributed by atoms with E-state index >= 15 is 0 Å². The molecule has 1 aromatic rings. The maximum atomic E-state index is 13.3. The Morgan fingerprint density at radius 3 is 2.04 bits per heavy atom. The highest BCUT2D eigenvalue weighted by atomic mass is 32.2. The van der Waals surface area contributed by atoms with Gasteiger partial charge in [0.05, 0.1) is 0 Å². The van der Waals surface area contributed by atoms with Gasteiger partial charge in [-0.05, 0) is 18.8 Å². The maximum absolute atomic E-state index is 13.3. The summed E-state index contributed by atoms with van der Waals surface area (Å²) in [5.74, 6) is -0.428. The summed E-state index contributed by atoms with van der Waals surface area (Å²) in [5, 5.41) is 0. The van der Waals surface area contributed by atoms with Crippen molar-refractivity contribution in [2.75, 3.05) is 26.2 Å². The molecule has 3 rings (SSSR count). The lowest BCUT2D eigenvalue weighted by Gasteiger charge is -2.36. The highest BCUT2D eigenvalue weighted by molar-refractivity contribution is 7.94. The Kier molecular flexibility index (Phi) is 5.53. The van der Waals surface area contributed by atoms with Crippen LogP contribution in [0.3, 0.4) is 0 Å². The lowest BCUT2D eigenvalue weighted by Crippen LogP contribution is -2.43. The SMILES string of the molecule is CCN(CC)S(=O)(=O)C1=C(N2CCC(C)CC2)C(=O)c2ccccc2C1=O. The van der Waals surface area contributed by atoms with E-state index < -0.39 is 15.8 Å². The quantitative estimate of drug-likeness (QED) is 0.773. The summed E-state index contributed by atoms with van der Waals surface area (Å²) >= 11 is 0. The molecular weight excluding hydrogens is 364 g/mol. The Labute approximate surface area is 160 Å². The van der Waals surface area contributed by atoms with Crippen LogP contribution in [0.25, 0.3) is 0 Å². The Balaban J connectivity index is 2.22. The Morgan fingerprint density at radius 2 is 1.52 bits per heavy atom. The minimum absolute atomic E-state index is 0.0532. The summed E-state index contributed by atoms with van der Waals surface area (Å²) in [7, 11) is -4.06. The van der Waals surface area contributed by atoms with Crippen LogP contribution in [0.4, 0.5) is 0 Å². The molecule has 146 valence electrons. The molecule has 0 aromatic heterocycles. The predicted molar refractivity (Wildman–Crippen MR) is 104 cm³/mol. The third-order valence-electron chi connectivity index (χ3n) is 5.46. The summed E-state index contributed by atoms with van der Waals surface area (Å²) in [5.41, 5.74) is 0.509. The van der Waals surface area contributed by atoms with Gasteiger partial charge < -0.3 is 4.90 Å². The van der Waals surface area contributed by atoms with Crippen LogP contribution in [0.15, 0.2) is 34.9 Å². The van der Waals surface area contributed by atoms with Gasteiger partial charge >= 0.3 is 0 Å². The second-order valence-electron chi connectivity index (χ2n) is 7.14. The van der Waals surface area contributed by atoms with Gasteiger partial charge in [0, 0.05) is 37.3 Å². The van der Waals surface area contributed by atoms with E-state index in [-0.39, 0.29) is 40.6 Å². The van der Waals surface area contributed by atoms with Gasteiger partial charge in [-0.25, -0.2) is 8.42 Å². The number of hydrogen-bond acceptors (Lipinski definition) is 5. The molecular formula is C20H26N2O4S. The molecule has 0 atom stereocenters. The molecule has 0 radical (unpaired) electrons. The minimum Gasteiger partial charge on any atom is -0.367 e. The molecule has 1 aliphatic heterocycles. The summed E-state index contributed by atoms with van der Waals surface area (Å²) in [6.45, 7) is 7.25. The molecule has 0 amide bonds. The number of carbonyl (C=O) groups excluding carboxylic acids is 2. The molecule has 0 N–H and O–H groups in total. The van der Waals surface area contributed by atoms with E-state index in [0.717, 1.165) is 12.8 Å². The first kappa shape index (κ1) is 19.8. The van der Waals surface area contributed by atoms with Crippen LogP contribution in [-0.4, -0.2) is 55.4 Å². The molecule has 0 unspecified atom stereocenters. The van der Waals surface area contributed by atoms with Gasteiger partial charge in [-0.2, -0.15) is 4.31 Å². The third-order valence-corrected chi connectivity index (χ3v) is 7.55. The molecule has 0 bridgehead atoms. The van der Waals surface area contributed by atoms with E-state index in [4.69, 9.17) is 0 Å². The number of benzene rings is 1. The van der Waals surface area contributed by atoms with Crippen LogP contribution in [0.5, 0.6) is 0 Å². The average Bonchev–Trinajstić information content (AvgIpc) is 2.66. The average molecular weight is 391 g/mol. The van der Waals surface area contributed by atoms with Gasteiger partial charge in [-0.15, -0.1) is 0 Å². The zero-order valence-electron chi connectivity index (χ0n) is 16.1. The number of rotatable bonds is 5. The number of hydrogen-bond donors (Lipinski definition) is 0. The summed E-state index contributed by atoms with van der Waals surface area (Å²) in [6.07, 6.45) is 1.73. The van der Waals surface area contributed by atoms with Crippen molar-refractivity contribution >= 4 is 21.6 Å². The second kappa shape index (κ2) is 7.56. The molecule has 1 aromatic carbocycles. The van der Waals surface area contributed by atoms with Crippen molar-refractivity contribution < 1.29 is 18.0 Å². The molecule has 1 aliphatic carbocycles. The number of sulfonamides is 1. The van der Waals surface area contributed by atoms with E-state index in [0.29, 0.717) is 19.0 Å². The lowest BCUT2D eigenvalue weighted by atomic mass is 9.90. The van der Waals surface area contributed by atoms with Crippen molar-refractivity contribution in [2.24, 2.45) is 5.92 Å². The van der Waals surface area contributed by atoms with E-state index in [2.05, 4.69) is 6.92 Å². The first-order chi connectivity index (χ1) is 12.8. The second-order valence-corrected chi connectivity index (χ2v) is 9.02. The Bertz CT molecular complexity index is 892. The lowest BCUT2D eigenvalue weighted by molar-refractivity contribution is 0.0932. The van der Waals surface area contributed by atoms with Crippen LogP contribution in [0.2, 0.25) is 0 Å². The summed E-state index contributed by atoms with van der Waals surface area (Å²) in [4.78, 5) is 27.9. The zero-order valence-corrected chi connectivity index (χ0v) is 16.9. The minimum atomic E-state index is -4.06.